The van der Waals surface area contributed by atoms with Crippen molar-refractivity contribution in [3.63, 3.8) is 0 Å². The minimum absolute atomic E-state index is 0.801. The average Bonchev–Trinajstić information content (AvgIpc) is 2.46. The molecule has 0 aromatic heterocycles. The highest BCUT2D eigenvalue weighted by molar-refractivity contribution is 9.11. The van der Waals surface area contributed by atoms with Crippen LogP contribution in [-0.2, 0) is 13.0 Å². The molecule has 21 heavy (non-hydrogen) atoms. The number of hydrogen-bond donors (Lipinski definition) is 2. The van der Waals surface area contributed by atoms with E-state index in [1.54, 1.807) is 0 Å². The van der Waals surface area contributed by atoms with Crippen molar-refractivity contribution in [3.05, 3.63) is 54.9 Å². The zero-order valence-electron chi connectivity index (χ0n) is 11.3. The normalized spacial score (nSPS) is 13.5. The summed E-state index contributed by atoms with van der Waals surface area (Å²) in [6, 6.07) is 10.6. The standard InChI is InChI=1S/C16H15Br3N2/c17-12-7-13(18)16(14(19)8-12)21-9-11-4-1-3-10-5-2-6-20-15(10)11/h1,3-4,7-8,20-21H,2,5-6,9H2. The Bertz CT molecular complexity index is 648. The van der Waals surface area contributed by atoms with Crippen LogP contribution in [0.1, 0.15) is 17.5 Å². The monoisotopic (exact) mass is 472 g/mol. The van der Waals surface area contributed by atoms with Crippen LogP contribution in [0.3, 0.4) is 0 Å². The van der Waals surface area contributed by atoms with Gasteiger partial charge in [-0.25, -0.2) is 0 Å². The van der Waals surface area contributed by atoms with Gasteiger partial charge in [-0.15, -0.1) is 0 Å². The Morgan fingerprint density at radius 2 is 1.86 bits per heavy atom. The van der Waals surface area contributed by atoms with Crippen LogP contribution in [0.4, 0.5) is 11.4 Å². The van der Waals surface area contributed by atoms with Gasteiger partial charge in [0, 0.05) is 32.2 Å². The van der Waals surface area contributed by atoms with E-state index in [1.165, 1.54) is 29.7 Å². The van der Waals surface area contributed by atoms with E-state index in [4.69, 9.17) is 0 Å². The predicted octanol–water partition coefficient (Wildman–Crippen LogP) is 5.94. The summed E-state index contributed by atoms with van der Waals surface area (Å²) < 4.78 is 3.13. The number of hydrogen-bond acceptors (Lipinski definition) is 2. The van der Waals surface area contributed by atoms with Gasteiger partial charge < -0.3 is 10.6 Å². The second kappa shape index (κ2) is 6.71. The van der Waals surface area contributed by atoms with E-state index >= 15 is 0 Å². The Morgan fingerprint density at radius 3 is 2.62 bits per heavy atom. The fraction of sp³-hybridized carbons (Fsp3) is 0.250. The van der Waals surface area contributed by atoms with Crippen molar-refractivity contribution >= 4 is 59.2 Å². The Balaban J connectivity index is 1.83. The minimum Gasteiger partial charge on any atom is -0.385 e. The fourth-order valence-corrected chi connectivity index (χ4v) is 5.16. The highest BCUT2D eigenvalue weighted by Gasteiger charge is 2.13. The summed E-state index contributed by atoms with van der Waals surface area (Å²) in [5.41, 5.74) is 5.12. The molecule has 2 aromatic rings. The Hall–Kier alpha value is -0.520. The number of benzene rings is 2. The summed E-state index contributed by atoms with van der Waals surface area (Å²) in [7, 11) is 0. The molecule has 0 radical (unpaired) electrons. The van der Waals surface area contributed by atoms with E-state index in [2.05, 4.69) is 76.6 Å². The van der Waals surface area contributed by atoms with E-state index in [0.29, 0.717) is 0 Å². The molecule has 0 saturated carbocycles. The molecular formula is C16H15Br3N2. The number of fused-ring (bicyclic) bond motifs is 1. The van der Waals surface area contributed by atoms with Gasteiger partial charge in [-0.1, -0.05) is 34.1 Å². The van der Waals surface area contributed by atoms with Gasteiger partial charge in [-0.2, -0.15) is 0 Å². The smallest absolute Gasteiger partial charge is 0.0632 e. The Morgan fingerprint density at radius 1 is 1.10 bits per heavy atom. The van der Waals surface area contributed by atoms with Crippen LogP contribution in [-0.4, -0.2) is 6.54 Å². The molecule has 5 heteroatoms. The summed E-state index contributed by atoms with van der Waals surface area (Å²) in [4.78, 5) is 0. The van der Waals surface area contributed by atoms with Crippen molar-refractivity contribution in [1.82, 2.24) is 0 Å². The molecule has 1 heterocycles. The van der Waals surface area contributed by atoms with Crippen LogP contribution in [0.5, 0.6) is 0 Å². The summed E-state index contributed by atoms with van der Waals surface area (Å²) in [5.74, 6) is 0. The van der Waals surface area contributed by atoms with Crippen molar-refractivity contribution in [2.45, 2.75) is 19.4 Å². The lowest BCUT2D eigenvalue weighted by molar-refractivity contribution is 0.825. The zero-order valence-corrected chi connectivity index (χ0v) is 16.1. The average molecular weight is 475 g/mol. The van der Waals surface area contributed by atoms with E-state index < -0.39 is 0 Å². The third kappa shape index (κ3) is 3.46. The molecule has 1 aliphatic rings. The van der Waals surface area contributed by atoms with E-state index in [-0.39, 0.29) is 0 Å². The second-order valence-corrected chi connectivity index (χ2v) is 7.70. The molecule has 3 rings (SSSR count). The largest absolute Gasteiger partial charge is 0.385 e. The second-order valence-electron chi connectivity index (χ2n) is 5.08. The van der Waals surface area contributed by atoms with Crippen LogP contribution >= 0.6 is 47.8 Å². The maximum atomic E-state index is 3.61. The summed E-state index contributed by atoms with van der Waals surface area (Å²) >= 11 is 10.7. The lowest BCUT2D eigenvalue weighted by atomic mass is 9.99. The first kappa shape index (κ1) is 15.4. The van der Waals surface area contributed by atoms with Gasteiger partial charge in [0.25, 0.3) is 0 Å². The van der Waals surface area contributed by atoms with Crippen molar-refractivity contribution in [3.8, 4) is 0 Å². The molecule has 110 valence electrons. The van der Waals surface area contributed by atoms with Gasteiger partial charge in [-0.3, -0.25) is 0 Å². The summed E-state index contributed by atoms with van der Waals surface area (Å²) in [6.45, 7) is 1.87. The number of nitrogens with one attached hydrogen (secondary N) is 2. The molecule has 0 bridgehead atoms. The zero-order chi connectivity index (χ0) is 14.8. The molecule has 0 spiro atoms. The Labute approximate surface area is 150 Å². The van der Waals surface area contributed by atoms with Gasteiger partial charge in [0.2, 0.25) is 0 Å². The van der Waals surface area contributed by atoms with Crippen molar-refractivity contribution in [1.29, 1.82) is 0 Å². The molecular weight excluding hydrogens is 460 g/mol. The van der Waals surface area contributed by atoms with Gasteiger partial charge in [0.15, 0.2) is 0 Å². The molecule has 1 aliphatic heterocycles. The minimum atomic E-state index is 0.801. The highest BCUT2D eigenvalue weighted by Crippen LogP contribution is 2.35. The lowest BCUT2D eigenvalue weighted by Crippen LogP contribution is -2.15. The molecule has 0 fully saturated rings. The van der Waals surface area contributed by atoms with Crippen LogP contribution in [0.2, 0.25) is 0 Å². The summed E-state index contributed by atoms with van der Waals surface area (Å²) in [6.07, 6.45) is 2.38. The fourth-order valence-electron chi connectivity index (χ4n) is 2.62. The molecule has 0 unspecified atom stereocenters. The molecule has 0 aliphatic carbocycles. The van der Waals surface area contributed by atoms with Crippen LogP contribution in [0.15, 0.2) is 43.7 Å². The molecule has 0 amide bonds. The Kier molecular flexibility index (Phi) is 4.92. The quantitative estimate of drug-likeness (QED) is 0.575. The van der Waals surface area contributed by atoms with E-state index in [9.17, 15) is 0 Å². The van der Waals surface area contributed by atoms with Crippen LogP contribution < -0.4 is 10.6 Å². The van der Waals surface area contributed by atoms with Gasteiger partial charge >= 0.3 is 0 Å². The number of halogens is 3. The van der Waals surface area contributed by atoms with Gasteiger partial charge in [-0.05, 0) is 68.0 Å². The first-order chi connectivity index (χ1) is 10.1. The number of rotatable bonds is 3. The maximum Gasteiger partial charge on any atom is 0.0632 e. The predicted molar refractivity (Wildman–Crippen MR) is 100 cm³/mol. The van der Waals surface area contributed by atoms with E-state index in [0.717, 1.165) is 32.2 Å². The molecule has 2 N–H and O–H groups in total. The maximum absolute atomic E-state index is 3.61. The van der Waals surface area contributed by atoms with Crippen molar-refractivity contribution < 1.29 is 0 Å². The number of anilines is 2. The SMILES string of the molecule is Brc1cc(Br)c(NCc2cccc3c2NCCC3)c(Br)c1. The van der Waals surface area contributed by atoms with Crippen LogP contribution in [0, 0.1) is 0 Å². The molecule has 2 aromatic carbocycles. The van der Waals surface area contributed by atoms with Gasteiger partial charge in [0.1, 0.15) is 0 Å². The van der Waals surface area contributed by atoms with Crippen LogP contribution in [0.25, 0.3) is 0 Å². The topological polar surface area (TPSA) is 24.1 Å². The number of para-hydroxylation sites is 1. The highest BCUT2D eigenvalue weighted by atomic mass is 79.9. The summed E-state index contributed by atoms with van der Waals surface area (Å²) in [5, 5.41) is 7.06. The first-order valence-corrected chi connectivity index (χ1v) is 9.26. The third-order valence-corrected chi connectivity index (χ3v) is 5.33. The molecule has 0 saturated heterocycles. The lowest BCUT2D eigenvalue weighted by Gasteiger charge is -2.22. The van der Waals surface area contributed by atoms with E-state index in [1.807, 2.05) is 12.1 Å². The van der Waals surface area contributed by atoms with Crippen molar-refractivity contribution in [2.75, 3.05) is 17.2 Å². The van der Waals surface area contributed by atoms with Gasteiger partial charge in [0.05, 0.1) is 5.69 Å². The first-order valence-electron chi connectivity index (χ1n) is 6.88. The molecule has 2 nitrogen and oxygen atoms in total. The molecule has 0 atom stereocenters. The number of aryl methyl sites for hydroxylation is 1. The third-order valence-electron chi connectivity index (χ3n) is 3.62. The van der Waals surface area contributed by atoms with Crippen molar-refractivity contribution in [2.24, 2.45) is 0 Å².